The summed E-state index contributed by atoms with van der Waals surface area (Å²) >= 11 is 0. The van der Waals surface area contributed by atoms with Gasteiger partial charge in [-0.1, -0.05) is 66.5 Å². The minimum atomic E-state index is -1.98. The third-order valence-electron chi connectivity index (χ3n) is 21.0. The van der Waals surface area contributed by atoms with Gasteiger partial charge in [0.1, 0.15) is 102 Å². The lowest BCUT2D eigenvalue weighted by molar-refractivity contribution is -0.142. The van der Waals surface area contributed by atoms with Gasteiger partial charge in [0, 0.05) is 32.7 Å². The van der Waals surface area contributed by atoms with Crippen LogP contribution in [0.1, 0.15) is 218 Å². The zero-order chi connectivity index (χ0) is 105. The molecule has 0 aliphatic carbocycles. The Kier molecular flexibility index (Phi) is 59.4. The maximum absolute atomic E-state index is 14.8. The smallest absolute Gasteiger partial charge is 0.326 e. The number of rotatable bonds is 66. The lowest BCUT2D eigenvalue weighted by atomic mass is 9.96. The van der Waals surface area contributed by atoms with Crippen molar-refractivity contribution in [2.24, 2.45) is 52.2 Å². The summed E-state index contributed by atoms with van der Waals surface area (Å²) in [5.74, 6) is -24.5. The quantitative estimate of drug-likeness (QED) is 0.0164. The molecule has 19 unspecified atom stereocenters. The standard InChI is InChI=1S/C84H144N24O25.C2H4O2/c1-13-43(6)65(107-80(129)59(38-42(4)5)106-79(128)61(40-64(114)115)104-69(118)45(8)94-73(122)54(24-20-36-92-84(90)91)99-76(125)56(30-32-63(112)113)98-67(116)44(7)93-72(121)52(88)21-14-17-33-85)81(130)96-47(10)70(119)103-60(39-50-25-27-51(110)28-26-50)78(127)105-58(37-41(2)3)77(126)100-53(22-15-18-34-86)75(124)101-55(29-31-62(89)111)74(123)95-48(11)71(120)108-66(49(12)109)82(131)97-46(9)68(117)102-57(83(132)133)23-16-19-35-87;1-2(3)4/h25-28,41-49,52-61,65-66,109-110H,13-24,29-40,85-88H2,1-12H3,(H2,89,111)(H,93,121)(H,94,122)(H,95,123)(H,96,130)(H,97,131)(H,98,116)(H,99,125)(H,100,126)(H,101,124)(H,102,117)(H,103,119)(H,104,118)(H,105,127)(H,106,128)(H,107,129)(H,108,120)(H,112,113)(H,114,115)(H,132,133)(H4,90,91,92);1H3,(H,3,4). The summed E-state index contributed by atoms with van der Waals surface area (Å²) in [5.41, 5.74) is 34.1. The van der Waals surface area contributed by atoms with Gasteiger partial charge in [-0.2, -0.15) is 0 Å². The number of benzene rings is 1. The number of carbonyl (C=O) groups excluding carboxylic acids is 17. The maximum atomic E-state index is 14.8. The molecule has 0 aliphatic heterocycles. The number of hydrogen-bond donors (Lipinski definition) is 30. The largest absolute Gasteiger partial charge is 0.508 e. The number of aliphatic hydroxyl groups excluding tert-OH is 1. The van der Waals surface area contributed by atoms with Crippen molar-refractivity contribution in [3.63, 3.8) is 0 Å². The highest BCUT2D eigenvalue weighted by molar-refractivity contribution is 6.02. The van der Waals surface area contributed by atoms with Crippen LogP contribution in [0.2, 0.25) is 0 Å². The molecular formula is C86H148N24O27. The number of guanidine groups is 1. The Labute approximate surface area is 795 Å². The number of unbranched alkanes of at least 4 members (excludes halogenated alkanes) is 3. The minimum Gasteiger partial charge on any atom is -0.508 e. The van der Waals surface area contributed by atoms with Crippen LogP contribution in [0, 0.1) is 23.2 Å². The average Bonchev–Trinajstić information content (AvgIpc) is 0.857. The van der Waals surface area contributed by atoms with Crippen LogP contribution in [0.3, 0.4) is 0 Å². The third kappa shape index (κ3) is 51.5. The minimum absolute atomic E-state index is 0.00697. The van der Waals surface area contributed by atoms with Crippen LogP contribution in [-0.2, 0) is 107 Å². The Morgan fingerprint density at radius 1 is 0.358 bits per heavy atom. The van der Waals surface area contributed by atoms with Crippen molar-refractivity contribution < 1.29 is 131 Å². The van der Waals surface area contributed by atoms with E-state index in [4.69, 9.17) is 49.7 Å². The first-order chi connectivity index (χ1) is 64.0. The van der Waals surface area contributed by atoms with Crippen molar-refractivity contribution >= 4 is 130 Å². The summed E-state index contributed by atoms with van der Waals surface area (Å²) in [5, 5.41) is 107. The first-order valence-corrected chi connectivity index (χ1v) is 45.4. The van der Waals surface area contributed by atoms with Crippen molar-refractivity contribution in [3.8, 4) is 5.75 Å². The molecule has 774 valence electrons. The molecule has 0 saturated carbocycles. The van der Waals surface area contributed by atoms with Gasteiger partial charge in [0.15, 0.2) is 5.96 Å². The second-order valence-corrected chi connectivity index (χ2v) is 34.3. The van der Waals surface area contributed by atoms with E-state index in [1.54, 1.807) is 41.5 Å². The molecule has 0 aromatic heterocycles. The molecule has 137 heavy (non-hydrogen) atoms. The zero-order valence-electron chi connectivity index (χ0n) is 80.1. The van der Waals surface area contributed by atoms with Gasteiger partial charge in [-0.3, -0.25) is 101 Å². The highest BCUT2D eigenvalue weighted by Crippen LogP contribution is 2.18. The molecule has 1 aromatic rings. The van der Waals surface area contributed by atoms with Crippen LogP contribution < -0.4 is 125 Å². The average molecular weight is 1950 g/mol. The van der Waals surface area contributed by atoms with Gasteiger partial charge >= 0.3 is 17.9 Å². The Morgan fingerprint density at radius 2 is 0.672 bits per heavy atom. The number of aromatic hydroxyl groups is 1. The molecule has 1 aromatic carbocycles. The third-order valence-corrected chi connectivity index (χ3v) is 21.0. The van der Waals surface area contributed by atoms with E-state index in [2.05, 4.69) is 90.4 Å². The first kappa shape index (κ1) is 124. The number of aliphatic carboxylic acids is 4. The second-order valence-electron chi connectivity index (χ2n) is 34.3. The van der Waals surface area contributed by atoms with E-state index in [0.29, 0.717) is 44.2 Å². The van der Waals surface area contributed by atoms with Crippen LogP contribution in [0.15, 0.2) is 24.3 Å². The number of primary amides is 1. The lowest BCUT2D eigenvalue weighted by Gasteiger charge is -2.29. The maximum Gasteiger partial charge on any atom is 0.326 e. The van der Waals surface area contributed by atoms with E-state index in [-0.39, 0.29) is 95.5 Å². The number of carbonyl (C=O) groups is 21. The molecule has 0 fully saturated rings. The number of carboxylic acids is 4. The van der Waals surface area contributed by atoms with Gasteiger partial charge in [0.05, 0.1) is 18.6 Å². The van der Waals surface area contributed by atoms with E-state index in [1.807, 2.05) is 0 Å². The number of aliphatic hydroxyl groups is 1. The van der Waals surface area contributed by atoms with Crippen molar-refractivity contribution in [2.75, 3.05) is 26.2 Å². The van der Waals surface area contributed by atoms with Crippen molar-refractivity contribution in [3.05, 3.63) is 29.8 Å². The summed E-state index contributed by atoms with van der Waals surface area (Å²) in [6, 6.07) is -20.6. The van der Waals surface area contributed by atoms with E-state index in [9.17, 15) is 121 Å². The lowest BCUT2D eigenvalue weighted by Crippen LogP contribution is -2.61. The molecule has 0 spiro atoms. The molecule has 17 amide bonds. The Bertz CT molecular complexity index is 4180. The molecule has 36 N–H and O–H groups in total. The highest BCUT2D eigenvalue weighted by Gasteiger charge is 2.40. The monoisotopic (exact) mass is 1950 g/mol. The van der Waals surface area contributed by atoms with E-state index in [1.165, 1.54) is 52.0 Å². The molecule has 0 aliphatic rings. The zero-order valence-corrected chi connectivity index (χ0v) is 80.1. The number of phenols is 1. The molecule has 1 rings (SSSR count). The van der Waals surface area contributed by atoms with Gasteiger partial charge in [-0.05, 0) is 187 Å². The molecule has 0 bridgehead atoms. The topological polar surface area (TPSA) is 864 Å². The van der Waals surface area contributed by atoms with Crippen LogP contribution in [0.5, 0.6) is 5.75 Å². The second kappa shape index (κ2) is 65.6. The fourth-order valence-electron chi connectivity index (χ4n) is 13.0. The summed E-state index contributed by atoms with van der Waals surface area (Å²) in [6.45, 7) is 18.9. The number of phenolic OH excluding ortho intramolecular Hbond substituents is 1. The number of carboxylic acid groups (broad SMARTS) is 4. The van der Waals surface area contributed by atoms with Crippen LogP contribution in [-0.4, -0.2) is 296 Å². The fourth-order valence-corrected chi connectivity index (χ4v) is 13.0. The summed E-state index contributed by atoms with van der Waals surface area (Å²) in [4.78, 5) is 281. The van der Waals surface area contributed by atoms with Crippen LogP contribution >= 0.6 is 0 Å². The molecule has 19 atom stereocenters. The van der Waals surface area contributed by atoms with Crippen LogP contribution in [0.25, 0.3) is 0 Å². The SMILES string of the molecule is CC(=O)O.CCC(C)C(NC(=O)C(CC(C)C)NC(=O)C(CC(=O)O)NC(=O)C(C)NC(=O)C(CCCNC(=N)N)NC(=O)C(CCC(=O)O)NC(=O)C(C)NC(=O)C(N)CCCCN)C(=O)NC(C)C(=O)NC(Cc1ccc(O)cc1)C(=O)NC(CC(C)C)C(=O)NC(CCCCN)C(=O)NC(CCC(N)=O)C(=O)NC(C)C(=O)NC(C(=O)NC(C)C(=O)NC(CCCCN)C(=O)O)C(C)O. The number of nitrogens with one attached hydrogen (secondary N) is 18. The molecule has 51 nitrogen and oxygen atoms in total. The molecule has 0 saturated heterocycles. The molecule has 0 heterocycles. The number of nitrogens with two attached hydrogens (primary N) is 6. The van der Waals surface area contributed by atoms with Crippen LogP contribution in [0.4, 0.5) is 0 Å². The van der Waals surface area contributed by atoms with E-state index < -0.39 is 283 Å². The van der Waals surface area contributed by atoms with Crippen molar-refractivity contribution in [1.82, 2.24) is 90.4 Å². The van der Waals surface area contributed by atoms with E-state index in [0.717, 1.165) is 20.8 Å². The van der Waals surface area contributed by atoms with Gasteiger partial charge in [0.2, 0.25) is 100 Å². The molecule has 0 radical (unpaired) electrons. The summed E-state index contributed by atoms with van der Waals surface area (Å²) < 4.78 is 0. The summed E-state index contributed by atoms with van der Waals surface area (Å²) in [7, 11) is 0. The predicted molar refractivity (Wildman–Crippen MR) is 495 cm³/mol. The predicted octanol–water partition coefficient (Wildman–Crippen LogP) is -6.93. The Balaban J connectivity index is 0.0000453. The Hall–Kier alpha value is -13.0. The number of hydrogen-bond acceptors (Lipinski definition) is 28. The van der Waals surface area contributed by atoms with Crippen molar-refractivity contribution in [2.45, 2.75) is 327 Å². The normalized spacial score (nSPS) is 15.2. The van der Waals surface area contributed by atoms with Gasteiger partial charge in [0.25, 0.3) is 5.97 Å². The van der Waals surface area contributed by atoms with Gasteiger partial charge in [-0.25, -0.2) is 4.79 Å². The van der Waals surface area contributed by atoms with Crippen molar-refractivity contribution in [1.29, 1.82) is 5.41 Å². The number of amides is 17. The fraction of sp³-hybridized carbons (Fsp3) is 0.674. The van der Waals surface area contributed by atoms with Gasteiger partial charge in [-0.15, -0.1) is 0 Å². The molecular weight excluding hydrogens is 1800 g/mol. The first-order valence-electron chi connectivity index (χ1n) is 45.4. The van der Waals surface area contributed by atoms with Gasteiger partial charge < -0.3 is 155 Å². The van der Waals surface area contributed by atoms with E-state index >= 15 is 0 Å². The highest BCUT2D eigenvalue weighted by atomic mass is 16.4. The molecule has 51 heteroatoms. The summed E-state index contributed by atoms with van der Waals surface area (Å²) in [6.07, 6.45) is -3.02. The Morgan fingerprint density at radius 3 is 1.07 bits per heavy atom.